The maximum absolute atomic E-state index is 12.9. The number of hydrogen-bond donors (Lipinski definition) is 1. The van der Waals surface area contributed by atoms with Crippen molar-refractivity contribution in [3.8, 4) is 5.75 Å². The monoisotopic (exact) mass is 348 g/mol. The van der Waals surface area contributed by atoms with E-state index in [-0.39, 0.29) is 36.3 Å². The van der Waals surface area contributed by atoms with Gasteiger partial charge in [0.05, 0.1) is 5.56 Å². The number of ether oxygens (including phenoxy) is 1. The third-order valence-electron chi connectivity index (χ3n) is 3.60. The molecule has 0 aromatic heterocycles. The Morgan fingerprint density at radius 3 is 2.52 bits per heavy atom. The largest absolute Gasteiger partial charge is 0.485 e. The fourth-order valence-corrected chi connectivity index (χ4v) is 2.33. The minimum Gasteiger partial charge on any atom is -0.485 e. The van der Waals surface area contributed by atoms with E-state index in [1.165, 1.54) is 32.3 Å². The van der Waals surface area contributed by atoms with Gasteiger partial charge in [0, 0.05) is 26.1 Å². The molecule has 0 saturated carbocycles. The van der Waals surface area contributed by atoms with E-state index in [4.69, 9.17) is 4.74 Å². The van der Waals surface area contributed by atoms with Crippen LogP contribution in [0.15, 0.2) is 18.2 Å². The second kappa shape index (κ2) is 9.96. The molecule has 2 amide bonds. The fourth-order valence-electron chi connectivity index (χ4n) is 2.33. The van der Waals surface area contributed by atoms with Crippen LogP contribution in [0.3, 0.4) is 0 Å². The van der Waals surface area contributed by atoms with Gasteiger partial charge in [-0.25, -0.2) is 0 Å². The Labute approximate surface area is 145 Å². The molecule has 1 aromatic rings. The van der Waals surface area contributed by atoms with Crippen LogP contribution in [0.2, 0.25) is 0 Å². The smallest absolute Gasteiger partial charge is 0.258 e. The lowest BCUT2D eigenvalue weighted by atomic mass is 10.0. The summed E-state index contributed by atoms with van der Waals surface area (Å²) in [5.74, 6) is -0.987. The van der Waals surface area contributed by atoms with Crippen molar-refractivity contribution in [3.05, 3.63) is 29.3 Å². The van der Waals surface area contributed by atoms with Crippen LogP contribution in [0.1, 0.15) is 33.6 Å². The van der Waals surface area contributed by atoms with Crippen LogP contribution in [-0.4, -0.2) is 62.3 Å². The number of nitrogens with one attached hydrogen (secondary N) is 1. The highest BCUT2D eigenvalue weighted by Gasteiger charge is 2.29. The van der Waals surface area contributed by atoms with Crippen molar-refractivity contribution in [3.63, 3.8) is 0 Å². The Balaban J connectivity index is 3.25. The zero-order chi connectivity index (χ0) is 18.8. The van der Waals surface area contributed by atoms with Crippen molar-refractivity contribution in [1.82, 2.24) is 10.2 Å². The summed E-state index contributed by atoms with van der Waals surface area (Å²) in [6.07, 6.45) is 1.91. The van der Waals surface area contributed by atoms with Crippen LogP contribution in [0.5, 0.6) is 5.75 Å². The SMILES string of the molecule is CNC(=O)C(CCC=O)N(C)C(=O)c1c(C=O)cccc1OCC=O. The lowest BCUT2D eigenvalue weighted by Gasteiger charge is -2.27. The molecule has 1 N–H and O–H groups in total. The number of benzene rings is 1. The number of rotatable bonds is 10. The molecule has 0 bridgehead atoms. The maximum Gasteiger partial charge on any atom is 0.258 e. The van der Waals surface area contributed by atoms with Gasteiger partial charge in [0.25, 0.3) is 5.91 Å². The first kappa shape index (κ1) is 20.0. The predicted molar refractivity (Wildman–Crippen MR) is 88.6 cm³/mol. The Morgan fingerprint density at radius 1 is 1.24 bits per heavy atom. The standard InChI is InChI=1S/C17H20N2O6/c1-18-16(23)13(6-4-8-20)19(2)17(24)15-12(11-22)5-3-7-14(15)25-10-9-21/h3,5,7-9,11,13H,4,6,10H2,1-2H3,(H,18,23). The number of nitrogens with zero attached hydrogens (tertiary/aromatic N) is 1. The van der Waals surface area contributed by atoms with Gasteiger partial charge in [-0.05, 0) is 12.5 Å². The Bertz CT molecular complexity index is 659. The fraction of sp³-hybridized carbons (Fsp3) is 0.353. The van der Waals surface area contributed by atoms with Crippen molar-refractivity contribution < 1.29 is 28.7 Å². The quantitative estimate of drug-likeness (QED) is 0.607. The van der Waals surface area contributed by atoms with Crippen molar-refractivity contribution in [2.75, 3.05) is 20.7 Å². The van der Waals surface area contributed by atoms with E-state index in [9.17, 15) is 24.0 Å². The van der Waals surface area contributed by atoms with Gasteiger partial charge in [0.15, 0.2) is 12.6 Å². The predicted octanol–water partition coefficient (Wildman–Crippen LogP) is 0.242. The van der Waals surface area contributed by atoms with Crippen molar-refractivity contribution in [2.45, 2.75) is 18.9 Å². The first-order valence-corrected chi connectivity index (χ1v) is 7.58. The van der Waals surface area contributed by atoms with Gasteiger partial charge < -0.3 is 19.7 Å². The van der Waals surface area contributed by atoms with E-state index in [2.05, 4.69) is 5.32 Å². The molecule has 1 rings (SSSR count). The zero-order valence-electron chi connectivity index (χ0n) is 14.1. The van der Waals surface area contributed by atoms with Crippen molar-refractivity contribution >= 4 is 30.7 Å². The summed E-state index contributed by atoms with van der Waals surface area (Å²) in [5, 5.41) is 2.44. The summed E-state index contributed by atoms with van der Waals surface area (Å²) in [7, 11) is 2.82. The van der Waals surface area contributed by atoms with Crippen LogP contribution >= 0.6 is 0 Å². The van der Waals surface area contributed by atoms with Crippen molar-refractivity contribution in [1.29, 1.82) is 0 Å². The van der Waals surface area contributed by atoms with Gasteiger partial charge in [-0.3, -0.25) is 19.2 Å². The highest BCUT2D eigenvalue weighted by atomic mass is 16.5. The molecule has 0 heterocycles. The lowest BCUT2D eigenvalue weighted by molar-refractivity contribution is -0.125. The normalized spacial score (nSPS) is 11.1. The molecule has 1 atom stereocenters. The van der Waals surface area contributed by atoms with Crippen molar-refractivity contribution in [2.24, 2.45) is 0 Å². The van der Waals surface area contributed by atoms with Crippen LogP contribution in [0.4, 0.5) is 0 Å². The molecule has 0 aliphatic heterocycles. The van der Waals surface area contributed by atoms with E-state index in [0.29, 0.717) is 18.9 Å². The molecular formula is C17H20N2O6. The molecule has 8 nitrogen and oxygen atoms in total. The van der Waals surface area contributed by atoms with Gasteiger partial charge in [-0.1, -0.05) is 12.1 Å². The summed E-state index contributed by atoms with van der Waals surface area (Å²) < 4.78 is 5.22. The van der Waals surface area contributed by atoms with E-state index in [1.54, 1.807) is 0 Å². The molecule has 0 aliphatic carbocycles. The van der Waals surface area contributed by atoms with E-state index >= 15 is 0 Å². The third-order valence-corrected chi connectivity index (χ3v) is 3.60. The Morgan fingerprint density at radius 2 is 1.96 bits per heavy atom. The van der Waals surface area contributed by atoms with Gasteiger partial charge in [0.2, 0.25) is 5.91 Å². The Kier molecular flexibility index (Phi) is 7.98. The lowest BCUT2D eigenvalue weighted by Crippen LogP contribution is -2.47. The highest BCUT2D eigenvalue weighted by Crippen LogP contribution is 2.24. The summed E-state index contributed by atoms with van der Waals surface area (Å²) in [6.45, 7) is -0.281. The summed E-state index contributed by atoms with van der Waals surface area (Å²) >= 11 is 0. The van der Waals surface area contributed by atoms with Gasteiger partial charge in [0.1, 0.15) is 24.7 Å². The van der Waals surface area contributed by atoms with Crippen LogP contribution in [-0.2, 0) is 14.4 Å². The molecule has 25 heavy (non-hydrogen) atoms. The molecule has 0 spiro atoms. The number of carbonyl (C=O) groups is 5. The number of carbonyl (C=O) groups excluding carboxylic acids is 5. The molecule has 0 aliphatic rings. The Hall–Kier alpha value is -3.03. The van der Waals surface area contributed by atoms with Crippen LogP contribution < -0.4 is 10.1 Å². The number of aldehydes is 3. The number of amides is 2. The maximum atomic E-state index is 12.9. The van der Waals surface area contributed by atoms with E-state index < -0.39 is 17.9 Å². The summed E-state index contributed by atoms with van der Waals surface area (Å²) in [4.78, 5) is 58.5. The molecule has 0 fully saturated rings. The van der Waals surface area contributed by atoms with Gasteiger partial charge >= 0.3 is 0 Å². The second-order valence-electron chi connectivity index (χ2n) is 5.11. The topological polar surface area (TPSA) is 110 Å². The first-order valence-electron chi connectivity index (χ1n) is 7.58. The highest BCUT2D eigenvalue weighted by molar-refractivity contribution is 6.05. The van der Waals surface area contributed by atoms with E-state index in [1.807, 2.05) is 0 Å². The summed E-state index contributed by atoms with van der Waals surface area (Å²) in [6, 6.07) is 3.52. The number of hydrogen-bond acceptors (Lipinski definition) is 6. The summed E-state index contributed by atoms with van der Waals surface area (Å²) in [5.41, 5.74) is 0.0353. The van der Waals surface area contributed by atoms with E-state index in [0.717, 1.165) is 4.90 Å². The molecular weight excluding hydrogens is 328 g/mol. The number of likely N-dealkylation sites (N-methyl/N-ethyl adjacent to an activating group) is 2. The van der Waals surface area contributed by atoms with Gasteiger partial charge in [-0.15, -0.1) is 0 Å². The minimum absolute atomic E-state index is 0.0399. The van der Waals surface area contributed by atoms with Gasteiger partial charge in [-0.2, -0.15) is 0 Å². The second-order valence-corrected chi connectivity index (χ2v) is 5.11. The average Bonchev–Trinajstić information content (AvgIpc) is 2.64. The molecule has 1 aromatic carbocycles. The minimum atomic E-state index is -0.888. The average molecular weight is 348 g/mol. The first-order chi connectivity index (χ1) is 12.0. The molecule has 8 heteroatoms. The zero-order valence-corrected chi connectivity index (χ0v) is 14.1. The molecule has 1 unspecified atom stereocenters. The third kappa shape index (κ3) is 4.97. The molecule has 0 saturated heterocycles. The van der Waals surface area contributed by atoms with Crippen LogP contribution in [0.25, 0.3) is 0 Å². The van der Waals surface area contributed by atoms with Crippen LogP contribution in [0, 0.1) is 0 Å². The molecule has 134 valence electrons. The molecule has 0 radical (unpaired) electrons.